The summed E-state index contributed by atoms with van der Waals surface area (Å²) in [6.45, 7) is 10.1. The molecule has 0 saturated heterocycles. The fourth-order valence-corrected chi connectivity index (χ4v) is 13.0. The lowest BCUT2D eigenvalue weighted by Crippen LogP contribution is -2.67. The Hall–Kier alpha value is -4.43. The summed E-state index contributed by atoms with van der Waals surface area (Å²) >= 11 is 0. The standard InChI is InChI=1S/C54H73NO5Si/c1-8-9-10-11-12-13-14-15-16-17-18-25-30-52(56)45-37-44-33-34-46(55(5)6)39-51(44)53(38-45)59-41-48(58-40-43-31-35-47(57-7)36-32-43)42-60-61(54(2,3)4,49-26-21-19-22-27-49)50-28-23-20-24-29-50/h19-24,26-29,31-39,48H,8-18,25,30,40-42H2,1-7H3. The van der Waals surface area contributed by atoms with Crippen molar-refractivity contribution in [2.24, 2.45) is 0 Å². The van der Waals surface area contributed by atoms with Gasteiger partial charge in [-0.15, -0.1) is 0 Å². The van der Waals surface area contributed by atoms with E-state index < -0.39 is 14.4 Å². The van der Waals surface area contributed by atoms with Gasteiger partial charge in [-0.3, -0.25) is 4.79 Å². The normalized spacial score (nSPS) is 12.4. The number of nitrogens with zero attached hydrogens (tertiary/aromatic N) is 1. The molecule has 1 unspecified atom stereocenters. The van der Waals surface area contributed by atoms with Crippen molar-refractivity contribution in [3.05, 3.63) is 126 Å². The molecule has 0 aromatic heterocycles. The van der Waals surface area contributed by atoms with Gasteiger partial charge in [-0.2, -0.15) is 0 Å². The smallest absolute Gasteiger partial charge is 0.261 e. The summed E-state index contributed by atoms with van der Waals surface area (Å²) in [7, 11) is 2.89. The summed E-state index contributed by atoms with van der Waals surface area (Å²) in [5.41, 5.74) is 2.79. The lowest BCUT2D eigenvalue weighted by Gasteiger charge is -2.43. The summed E-state index contributed by atoms with van der Waals surface area (Å²) in [5.74, 6) is 1.65. The summed E-state index contributed by atoms with van der Waals surface area (Å²) in [4.78, 5) is 15.9. The lowest BCUT2D eigenvalue weighted by atomic mass is 9.99. The molecule has 7 heteroatoms. The first-order chi connectivity index (χ1) is 29.6. The molecule has 0 fully saturated rings. The predicted octanol–water partition coefficient (Wildman–Crippen LogP) is 12.7. The number of ketones is 1. The molecule has 0 aliphatic carbocycles. The molecule has 0 radical (unpaired) electrons. The van der Waals surface area contributed by atoms with Crippen molar-refractivity contribution < 1.29 is 23.4 Å². The van der Waals surface area contributed by atoms with Crippen LogP contribution in [0, 0.1) is 0 Å². The van der Waals surface area contributed by atoms with Gasteiger partial charge in [0.15, 0.2) is 5.78 Å². The van der Waals surface area contributed by atoms with E-state index in [1.807, 2.05) is 50.5 Å². The quantitative estimate of drug-likeness (QED) is 0.0298. The van der Waals surface area contributed by atoms with E-state index >= 15 is 0 Å². The second-order valence-electron chi connectivity index (χ2n) is 17.9. The number of carbonyl (C=O) groups excluding carboxylic acids is 1. The highest BCUT2D eigenvalue weighted by Crippen LogP contribution is 2.37. The number of rotatable bonds is 27. The molecule has 0 spiro atoms. The van der Waals surface area contributed by atoms with Crippen molar-refractivity contribution >= 4 is 40.9 Å². The van der Waals surface area contributed by atoms with Crippen molar-refractivity contribution in [2.45, 2.75) is 129 Å². The molecule has 0 bridgehead atoms. The Kier molecular flexibility index (Phi) is 18.9. The van der Waals surface area contributed by atoms with Crippen molar-refractivity contribution in [1.29, 1.82) is 0 Å². The van der Waals surface area contributed by atoms with Gasteiger partial charge in [-0.05, 0) is 69.2 Å². The lowest BCUT2D eigenvalue weighted by molar-refractivity contribution is -0.0185. The Labute approximate surface area is 369 Å². The molecule has 5 aromatic rings. The fourth-order valence-electron chi connectivity index (χ4n) is 8.38. The van der Waals surface area contributed by atoms with E-state index in [-0.39, 0.29) is 17.4 Å². The van der Waals surface area contributed by atoms with Gasteiger partial charge in [0.2, 0.25) is 0 Å². The maximum atomic E-state index is 13.8. The largest absolute Gasteiger partial charge is 0.497 e. The molecule has 0 saturated carbocycles. The van der Waals surface area contributed by atoms with Gasteiger partial charge >= 0.3 is 0 Å². The van der Waals surface area contributed by atoms with Crippen LogP contribution >= 0.6 is 0 Å². The number of fused-ring (bicyclic) bond motifs is 1. The number of anilines is 1. The van der Waals surface area contributed by atoms with Crippen LogP contribution in [0.2, 0.25) is 5.04 Å². The van der Waals surface area contributed by atoms with Crippen molar-refractivity contribution in [2.75, 3.05) is 39.3 Å². The molecule has 5 rings (SSSR count). The number of Topliss-reactive ketones (excluding diaryl/α,β-unsaturated/α-hetero) is 1. The van der Waals surface area contributed by atoms with E-state index in [9.17, 15) is 4.79 Å². The fraction of sp³-hybridized carbons (Fsp3) is 0.463. The van der Waals surface area contributed by atoms with Crippen LogP contribution in [0.5, 0.6) is 11.5 Å². The zero-order chi connectivity index (χ0) is 43.5. The number of ether oxygens (including phenoxy) is 3. The van der Waals surface area contributed by atoms with Gasteiger partial charge in [0.25, 0.3) is 8.32 Å². The summed E-state index contributed by atoms with van der Waals surface area (Å²) in [6.07, 6.45) is 15.4. The zero-order valence-corrected chi connectivity index (χ0v) is 39.3. The van der Waals surface area contributed by atoms with Crippen molar-refractivity contribution in [3.8, 4) is 11.5 Å². The topological polar surface area (TPSA) is 57.2 Å². The minimum Gasteiger partial charge on any atom is -0.497 e. The highest BCUT2D eigenvalue weighted by atomic mass is 28.4. The van der Waals surface area contributed by atoms with Crippen LogP contribution in [-0.4, -0.2) is 54.6 Å². The predicted molar refractivity (Wildman–Crippen MR) is 259 cm³/mol. The second kappa shape index (κ2) is 24.3. The molecule has 0 N–H and O–H groups in total. The SMILES string of the molecule is CCCCCCCCCCCCCCC(=O)c1cc(OCC(CO[Si](c2ccccc2)(c2ccccc2)C(C)(C)C)OCc2ccc(OC)cc2)c2cc(N(C)C)ccc2c1. The number of methoxy groups -OCH3 is 1. The molecule has 1 atom stereocenters. The van der Waals surface area contributed by atoms with E-state index in [0.29, 0.717) is 30.9 Å². The minimum atomic E-state index is -2.86. The van der Waals surface area contributed by atoms with Crippen LogP contribution in [0.1, 0.15) is 127 Å². The Morgan fingerprint density at radius 2 is 1.25 bits per heavy atom. The number of unbranched alkanes of at least 4 members (excludes halogenated alkanes) is 11. The monoisotopic (exact) mass is 844 g/mol. The Bertz CT molecular complexity index is 1990. The number of carbonyl (C=O) groups is 1. The van der Waals surface area contributed by atoms with Crippen LogP contribution in [0.4, 0.5) is 5.69 Å². The van der Waals surface area contributed by atoms with Crippen LogP contribution in [0.15, 0.2) is 115 Å². The third-order valence-corrected chi connectivity index (χ3v) is 17.0. The molecule has 6 nitrogen and oxygen atoms in total. The maximum absolute atomic E-state index is 13.8. The van der Waals surface area contributed by atoms with Gasteiger partial charge in [-0.1, -0.05) is 177 Å². The average molecular weight is 844 g/mol. The zero-order valence-electron chi connectivity index (χ0n) is 38.3. The molecule has 0 amide bonds. The molecule has 328 valence electrons. The van der Waals surface area contributed by atoms with E-state index in [1.165, 1.54) is 74.6 Å². The third-order valence-electron chi connectivity index (χ3n) is 12.0. The molecular weight excluding hydrogens is 771 g/mol. The first-order valence-electron chi connectivity index (χ1n) is 23.0. The molecule has 5 aromatic carbocycles. The van der Waals surface area contributed by atoms with Crippen LogP contribution < -0.4 is 24.7 Å². The first kappa shape index (κ1) is 47.6. The average Bonchev–Trinajstić information content (AvgIpc) is 3.27. The van der Waals surface area contributed by atoms with Crippen molar-refractivity contribution in [1.82, 2.24) is 0 Å². The minimum absolute atomic E-state index is 0.165. The molecule has 61 heavy (non-hydrogen) atoms. The van der Waals surface area contributed by atoms with Crippen molar-refractivity contribution in [3.63, 3.8) is 0 Å². The van der Waals surface area contributed by atoms with Crippen LogP contribution in [0.25, 0.3) is 10.8 Å². The molecule has 0 aliphatic heterocycles. The number of hydrogen-bond donors (Lipinski definition) is 0. The van der Waals surface area contributed by atoms with E-state index in [4.69, 9.17) is 18.6 Å². The van der Waals surface area contributed by atoms with Gasteiger partial charge < -0.3 is 23.5 Å². The highest BCUT2D eigenvalue weighted by molar-refractivity contribution is 6.99. The Morgan fingerprint density at radius 3 is 1.79 bits per heavy atom. The Balaban J connectivity index is 1.35. The third kappa shape index (κ3) is 13.8. The highest BCUT2D eigenvalue weighted by Gasteiger charge is 2.50. The van der Waals surface area contributed by atoms with E-state index in [2.05, 4.69) is 111 Å². The molecular formula is C54H73NO5Si. The maximum Gasteiger partial charge on any atom is 0.261 e. The number of hydrogen-bond acceptors (Lipinski definition) is 6. The Morgan fingerprint density at radius 1 is 0.672 bits per heavy atom. The van der Waals surface area contributed by atoms with E-state index in [0.717, 1.165) is 40.6 Å². The summed E-state index contributed by atoms with van der Waals surface area (Å²) < 4.78 is 26.4. The molecule has 0 aliphatic rings. The van der Waals surface area contributed by atoms with Crippen LogP contribution in [-0.2, 0) is 15.8 Å². The van der Waals surface area contributed by atoms with Gasteiger partial charge in [0.1, 0.15) is 24.2 Å². The van der Waals surface area contributed by atoms with Gasteiger partial charge in [-0.25, -0.2) is 0 Å². The van der Waals surface area contributed by atoms with E-state index in [1.54, 1.807) is 7.11 Å². The van der Waals surface area contributed by atoms with Gasteiger partial charge in [0.05, 0.1) is 20.3 Å². The summed E-state index contributed by atoms with van der Waals surface area (Å²) in [6, 6.07) is 39.7. The summed E-state index contributed by atoms with van der Waals surface area (Å²) in [5, 5.41) is 4.18. The molecule has 0 heterocycles. The second-order valence-corrected chi connectivity index (χ2v) is 22.2. The van der Waals surface area contributed by atoms with Crippen LogP contribution in [0.3, 0.4) is 0 Å². The first-order valence-corrected chi connectivity index (χ1v) is 24.9. The number of benzene rings is 5. The van der Waals surface area contributed by atoms with Gasteiger partial charge in [0, 0.05) is 37.2 Å².